The number of methoxy groups -OCH3 is 1. The molecule has 0 radical (unpaired) electrons. The molecule has 5 rings (SSSR count). The number of carbonyl (C=O) groups excluding carboxylic acids is 1. The third-order valence-electron chi connectivity index (χ3n) is 4.88. The van der Waals surface area contributed by atoms with Crippen LogP contribution in [0.5, 0.6) is 17.2 Å². The van der Waals surface area contributed by atoms with E-state index in [1.54, 1.807) is 7.11 Å². The lowest BCUT2D eigenvalue weighted by atomic mass is 10.1. The summed E-state index contributed by atoms with van der Waals surface area (Å²) in [4.78, 5) is 17.5. The molecule has 0 spiro atoms. The van der Waals surface area contributed by atoms with E-state index in [4.69, 9.17) is 14.2 Å². The smallest absolute Gasteiger partial charge is 0.261 e. The lowest BCUT2D eigenvalue weighted by molar-refractivity contribution is 0.102. The van der Waals surface area contributed by atoms with Crippen LogP contribution in [0, 0.1) is 0 Å². The Morgan fingerprint density at radius 3 is 2.60 bits per heavy atom. The van der Waals surface area contributed by atoms with Gasteiger partial charge in [-0.2, -0.15) is 0 Å². The molecule has 0 saturated carbocycles. The number of nitrogens with zero attached hydrogens (tertiary/aromatic N) is 1. The number of nitrogens with one attached hydrogen (secondary N) is 1. The topological polar surface area (TPSA) is 69.7 Å². The Morgan fingerprint density at radius 1 is 1.03 bits per heavy atom. The molecule has 1 N–H and O–H groups in total. The van der Waals surface area contributed by atoms with Crippen molar-refractivity contribution in [3.63, 3.8) is 0 Å². The average Bonchev–Trinajstić information content (AvgIpc) is 3.26. The summed E-state index contributed by atoms with van der Waals surface area (Å²) >= 11 is 1.37. The predicted molar refractivity (Wildman–Crippen MR) is 117 cm³/mol. The van der Waals surface area contributed by atoms with Crippen molar-refractivity contribution in [3.8, 4) is 28.5 Å². The van der Waals surface area contributed by atoms with Crippen molar-refractivity contribution in [3.05, 3.63) is 65.5 Å². The Balaban J connectivity index is 1.40. The number of hydrogen-bond donors (Lipinski definition) is 1. The number of benzene rings is 3. The van der Waals surface area contributed by atoms with Crippen molar-refractivity contribution in [1.82, 2.24) is 4.98 Å². The van der Waals surface area contributed by atoms with Gasteiger partial charge in [-0.05, 0) is 41.1 Å². The zero-order chi connectivity index (χ0) is 20.5. The summed E-state index contributed by atoms with van der Waals surface area (Å²) in [7, 11) is 1.56. The monoisotopic (exact) mass is 418 g/mol. The van der Waals surface area contributed by atoms with Gasteiger partial charge in [-0.1, -0.05) is 24.3 Å². The fraction of sp³-hybridized carbons (Fsp3) is 0.130. The van der Waals surface area contributed by atoms with Crippen LogP contribution in [0.1, 0.15) is 10.4 Å². The van der Waals surface area contributed by atoms with E-state index < -0.39 is 0 Å². The van der Waals surface area contributed by atoms with Gasteiger partial charge in [-0.25, -0.2) is 4.98 Å². The minimum atomic E-state index is -0.263. The first-order chi connectivity index (χ1) is 14.7. The SMILES string of the molecule is COc1cc2ccccc2cc1C(=O)Nc1nc(-c2ccc3c(c2)OCCO3)cs1. The van der Waals surface area contributed by atoms with Gasteiger partial charge in [0.25, 0.3) is 5.91 Å². The molecule has 2 heterocycles. The highest BCUT2D eigenvalue weighted by Crippen LogP contribution is 2.35. The number of anilines is 1. The molecule has 1 aromatic heterocycles. The number of rotatable bonds is 4. The van der Waals surface area contributed by atoms with Gasteiger partial charge in [0.2, 0.25) is 0 Å². The predicted octanol–water partition coefficient (Wildman–Crippen LogP) is 5.00. The van der Waals surface area contributed by atoms with Crippen LogP contribution >= 0.6 is 11.3 Å². The highest BCUT2D eigenvalue weighted by molar-refractivity contribution is 7.14. The molecular formula is C23H18N2O4S. The van der Waals surface area contributed by atoms with E-state index in [0.717, 1.165) is 27.8 Å². The van der Waals surface area contributed by atoms with Crippen LogP contribution in [0.25, 0.3) is 22.0 Å². The summed E-state index contributed by atoms with van der Waals surface area (Å²) in [6, 6.07) is 17.3. The Bertz CT molecular complexity index is 1250. The minimum Gasteiger partial charge on any atom is -0.496 e. The van der Waals surface area contributed by atoms with Gasteiger partial charge in [0.15, 0.2) is 16.6 Å². The van der Waals surface area contributed by atoms with Gasteiger partial charge in [0.05, 0.1) is 18.4 Å². The van der Waals surface area contributed by atoms with Gasteiger partial charge < -0.3 is 14.2 Å². The summed E-state index contributed by atoms with van der Waals surface area (Å²) in [5.74, 6) is 1.70. The van der Waals surface area contributed by atoms with Crippen LogP contribution in [0.4, 0.5) is 5.13 Å². The molecular weight excluding hydrogens is 400 g/mol. The van der Waals surface area contributed by atoms with E-state index in [0.29, 0.717) is 35.4 Å². The van der Waals surface area contributed by atoms with Crippen LogP contribution in [-0.4, -0.2) is 31.2 Å². The van der Waals surface area contributed by atoms with Crippen molar-refractivity contribution in [1.29, 1.82) is 0 Å². The number of hydrogen-bond acceptors (Lipinski definition) is 6. The molecule has 30 heavy (non-hydrogen) atoms. The van der Waals surface area contributed by atoms with Crippen molar-refractivity contribution >= 4 is 33.1 Å². The first-order valence-corrected chi connectivity index (χ1v) is 10.3. The number of amides is 1. The molecule has 7 heteroatoms. The van der Waals surface area contributed by atoms with E-state index in [2.05, 4.69) is 10.3 Å². The fourth-order valence-corrected chi connectivity index (χ4v) is 4.11. The summed E-state index contributed by atoms with van der Waals surface area (Å²) < 4.78 is 16.6. The summed E-state index contributed by atoms with van der Waals surface area (Å²) in [5, 5.41) is 7.28. The molecule has 1 aliphatic heterocycles. The Hall–Kier alpha value is -3.58. The molecule has 4 aromatic rings. The minimum absolute atomic E-state index is 0.263. The van der Waals surface area contributed by atoms with E-state index in [1.165, 1.54) is 11.3 Å². The summed E-state index contributed by atoms with van der Waals surface area (Å²) in [6.45, 7) is 1.08. The molecule has 0 bridgehead atoms. The average molecular weight is 418 g/mol. The van der Waals surface area contributed by atoms with Crippen LogP contribution < -0.4 is 19.5 Å². The molecule has 150 valence electrons. The van der Waals surface area contributed by atoms with E-state index in [-0.39, 0.29) is 5.91 Å². The van der Waals surface area contributed by atoms with Gasteiger partial charge in [0, 0.05) is 10.9 Å². The molecule has 0 fully saturated rings. The van der Waals surface area contributed by atoms with Gasteiger partial charge in [-0.15, -0.1) is 11.3 Å². The maximum atomic E-state index is 12.9. The number of ether oxygens (including phenoxy) is 3. The second-order valence-electron chi connectivity index (χ2n) is 6.75. The maximum Gasteiger partial charge on any atom is 0.261 e. The van der Waals surface area contributed by atoms with Crippen LogP contribution in [0.2, 0.25) is 0 Å². The van der Waals surface area contributed by atoms with Gasteiger partial charge in [-0.3, -0.25) is 10.1 Å². The highest BCUT2D eigenvalue weighted by atomic mass is 32.1. The van der Waals surface area contributed by atoms with E-state index >= 15 is 0 Å². The lowest BCUT2D eigenvalue weighted by Crippen LogP contribution is -2.15. The molecule has 0 atom stereocenters. The third kappa shape index (κ3) is 3.44. The Kier molecular flexibility index (Phi) is 4.72. The third-order valence-corrected chi connectivity index (χ3v) is 5.63. The molecule has 6 nitrogen and oxygen atoms in total. The van der Waals surface area contributed by atoms with Crippen LogP contribution in [0.15, 0.2) is 60.0 Å². The fourth-order valence-electron chi connectivity index (χ4n) is 3.40. The Labute approximate surface area is 177 Å². The van der Waals surface area contributed by atoms with Crippen molar-refractivity contribution < 1.29 is 19.0 Å². The number of aromatic nitrogens is 1. The Morgan fingerprint density at radius 2 is 1.80 bits per heavy atom. The molecule has 1 aliphatic rings. The molecule has 0 aliphatic carbocycles. The van der Waals surface area contributed by atoms with Crippen molar-refractivity contribution in [2.45, 2.75) is 0 Å². The normalized spacial score (nSPS) is 12.6. The largest absolute Gasteiger partial charge is 0.496 e. The zero-order valence-electron chi connectivity index (χ0n) is 16.2. The molecule has 1 amide bonds. The van der Waals surface area contributed by atoms with Gasteiger partial charge in [0.1, 0.15) is 19.0 Å². The first-order valence-electron chi connectivity index (χ1n) is 9.45. The summed E-state index contributed by atoms with van der Waals surface area (Å²) in [5.41, 5.74) is 2.13. The molecule has 0 unspecified atom stereocenters. The zero-order valence-corrected chi connectivity index (χ0v) is 17.0. The standard InChI is InChI=1S/C23H18N2O4S/c1-27-20-11-15-5-3-2-4-14(15)10-17(20)22(26)25-23-24-18(13-30-23)16-6-7-19-21(12-16)29-9-8-28-19/h2-7,10-13H,8-9H2,1H3,(H,24,25,26). The molecule has 3 aromatic carbocycles. The summed E-state index contributed by atoms with van der Waals surface area (Å²) in [6.07, 6.45) is 0. The number of fused-ring (bicyclic) bond motifs is 2. The van der Waals surface area contributed by atoms with Crippen molar-refractivity contribution in [2.24, 2.45) is 0 Å². The van der Waals surface area contributed by atoms with Gasteiger partial charge >= 0.3 is 0 Å². The first kappa shape index (κ1) is 18.4. The number of thiazole rings is 1. The second kappa shape index (κ2) is 7.68. The van der Waals surface area contributed by atoms with E-state index in [1.807, 2.05) is 60.0 Å². The quantitative estimate of drug-likeness (QED) is 0.505. The molecule has 0 saturated heterocycles. The van der Waals surface area contributed by atoms with Crippen molar-refractivity contribution in [2.75, 3.05) is 25.6 Å². The number of carbonyl (C=O) groups is 1. The highest BCUT2D eigenvalue weighted by Gasteiger charge is 2.17. The van der Waals surface area contributed by atoms with E-state index in [9.17, 15) is 4.79 Å². The second-order valence-corrected chi connectivity index (χ2v) is 7.61. The maximum absolute atomic E-state index is 12.9. The van der Waals surface area contributed by atoms with Crippen LogP contribution in [0.3, 0.4) is 0 Å². The van der Waals surface area contributed by atoms with Crippen LogP contribution in [-0.2, 0) is 0 Å². The lowest BCUT2D eigenvalue weighted by Gasteiger charge is -2.18.